The molecule has 2 aromatic rings. The van der Waals surface area contributed by atoms with Crippen molar-refractivity contribution in [1.82, 2.24) is 20.2 Å². The van der Waals surface area contributed by atoms with Gasteiger partial charge in [0.05, 0.1) is 29.0 Å². The van der Waals surface area contributed by atoms with Crippen LogP contribution in [0.15, 0.2) is 18.5 Å². The van der Waals surface area contributed by atoms with Crippen molar-refractivity contribution in [3.63, 3.8) is 0 Å². The van der Waals surface area contributed by atoms with E-state index in [0.717, 1.165) is 18.7 Å². The number of methoxy groups -OCH3 is 1. The molecule has 0 saturated heterocycles. The van der Waals surface area contributed by atoms with E-state index in [1.807, 2.05) is 4.68 Å². The molecule has 0 aliphatic carbocycles. The van der Waals surface area contributed by atoms with Gasteiger partial charge < -0.3 is 4.74 Å². The molecule has 0 aliphatic heterocycles. The first-order chi connectivity index (χ1) is 10.1. The highest BCUT2D eigenvalue weighted by molar-refractivity contribution is 6.34. The van der Waals surface area contributed by atoms with Crippen molar-refractivity contribution in [3.05, 3.63) is 39.9 Å². The SMILES string of the molecule is CCCn1ncc(OC)c1C(NN)c1ncc(Cl)cc1Cl. The van der Waals surface area contributed by atoms with Gasteiger partial charge in [0, 0.05) is 12.7 Å². The molecule has 0 aromatic carbocycles. The Hall–Kier alpha value is -1.34. The number of aromatic nitrogens is 3. The van der Waals surface area contributed by atoms with Crippen molar-refractivity contribution in [2.75, 3.05) is 7.11 Å². The van der Waals surface area contributed by atoms with Crippen LogP contribution in [0.3, 0.4) is 0 Å². The van der Waals surface area contributed by atoms with E-state index in [1.54, 1.807) is 19.4 Å². The number of nitrogens with zero attached hydrogens (tertiary/aromatic N) is 3. The molecular weight excluding hydrogens is 313 g/mol. The van der Waals surface area contributed by atoms with Gasteiger partial charge in [-0.15, -0.1) is 0 Å². The number of nitrogens with one attached hydrogen (secondary N) is 1. The molecule has 1 unspecified atom stereocenters. The Morgan fingerprint density at radius 3 is 2.76 bits per heavy atom. The van der Waals surface area contributed by atoms with E-state index in [9.17, 15) is 0 Å². The highest BCUT2D eigenvalue weighted by atomic mass is 35.5. The fourth-order valence-electron chi connectivity index (χ4n) is 2.14. The summed E-state index contributed by atoms with van der Waals surface area (Å²) in [6, 6.07) is 1.18. The number of rotatable bonds is 6. The molecule has 0 aliphatic rings. The fraction of sp³-hybridized carbons (Fsp3) is 0.385. The maximum atomic E-state index is 6.23. The summed E-state index contributed by atoms with van der Waals surface area (Å²) in [6.07, 6.45) is 4.11. The molecule has 2 aromatic heterocycles. The van der Waals surface area contributed by atoms with Crippen LogP contribution >= 0.6 is 23.2 Å². The molecule has 0 saturated carbocycles. The second-order valence-electron chi connectivity index (χ2n) is 4.44. The first kappa shape index (κ1) is 16.0. The molecular formula is C13H17Cl2N5O. The van der Waals surface area contributed by atoms with Gasteiger partial charge in [-0.25, -0.2) is 5.43 Å². The minimum absolute atomic E-state index is 0.428. The van der Waals surface area contributed by atoms with Crippen molar-refractivity contribution >= 4 is 23.2 Å². The molecule has 2 rings (SSSR count). The topological polar surface area (TPSA) is 78.0 Å². The molecule has 114 valence electrons. The highest BCUT2D eigenvalue weighted by Gasteiger charge is 2.25. The summed E-state index contributed by atoms with van der Waals surface area (Å²) in [5, 5.41) is 5.21. The molecule has 1 atom stereocenters. The Labute approximate surface area is 133 Å². The molecule has 3 N–H and O–H groups in total. The van der Waals surface area contributed by atoms with Crippen LogP contribution in [-0.2, 0) is 6.54 Å². The van der Waals surface area contributed by atoms with Crippen LogP contribution in [0.25, 0.3) is 0 Å². The number of nitrogens with two attached hydrogens (primary N) is 1. The van der Waals surface area contributed by atoms with Crippen molar-refractivity contribution in [2.45, 2.75) is 25.9 Å². The van der Waals surface area contributed by atoms with Crippen molar-refractivity contribution in [3.8, 4) is 5.75 Å². The molecule has 0 radical (unpaired) electrons. The number of hydrogen-bond donors (Lipinski definition) is 2. The number of ether oxygens (including phenoxy) is 1. The largest absolute Gasteiger partial charge is 0.493 e. The number of halogens is 2. The zero-order valence-corrected chi connectivity index (χ0v) is 13.3. The van der Waals surface area contributed by atoms with Crippen LogP contribution in [0.2, 0.25) is 10.0 Å². The smallest absolute Gasteiger partial charge is 0.162 e. The average molecular weight is 330 g/mol. The Kier molecular flexibility index (Phi) is 5.41. The van der Waals surface area contributed by atoms with Crippen LogP contribution in [0.4, 0.5) is 0 Å². The normalized spacial score (nSPS) is 12.4. The summed E-state index contributed by atoms with van der Waals surface area (Å²) in [5.74, 6) is 6.34. The van der Waals surface area contributed by atoms with Crippen LogP contribution in [-0.4, -0.2) is 21.9 Å². The minimum Gasteiger partial charge on any atom is -0.493 e. The second-order valence-corrected chi connectivity index (χ2v) is 5.29. The lowest BCUT2D eigenvalue weighted by molar-refractivity contribution is 0.397. The van der Waals surface area contributed by atoms with Gasteiger partial charge in [-0.1, -0.05) is 30.1 Å². The van der Waals surface area contributed by atoms with Gasteiger partial charge >= 0.3 is 0 Å². The molecule has 0 amide bonds. The summed E-state index contributed by atoms with van der Waals surface area (Å²) in [6.45, 7) is 2.80. The number of hydrazine groups is 1. The molecule has 0 spiro atoms. The lowest BCUT2D eigenvalue weighted by Crippen LogP contribution is -2.32. The highest BCUT2D eigenvalue weighted by Crippen LogP contribution is 2.32. The second kappa shape index (κ2) is 7.09. The van der Waals surface area contributed by atoms with Crippen molar-refractivity contribution < 1.29 is 4.74 Å². The van der Waals surface area contributed by atoms with Crippen LogP contribution in [0.5, 0.6) is 5.75 Å². The maximum absolute atomic E-state index is 6.23. The quantitative estimate of drug-likeness (QED) is 0.629. The Morgan fingerprint density at radius 1 is 1.43 bits per heavy atom. The third kappa shape index (κ3) is 3.29. The lowest BCUT2D eigenvalue weighted by Gasteiger charge is -2.19. The Morgan fingerprint density at radius 2 is 2.19 bits per heavy atom. The zero-order chi connectivity index (χ0) is 15.4. The molecule has 21 heavy (non-hydrogen) atoms. The third-order valence-corrected chi connectivity index (χ3v) is 3.56. The molecule has 6 nitrogen and oxygen atoms in total. The Balaban J connectivity index is 2.52. The molecule has 8 heteroatoms. The zero-order valence-electron chi connectivity index (χ0n) is 11.8. The molecule has 2 heterocycles. The summed E-state index contributed by atoms with van der Waals surface area (Å²) in [4.78, 5) is 4.28. The third-order valence-electron chi connectivity index (χ3n) is 3.05. The number of aryl methyl sites for hydroxylation is 1. The van der Waals surface area contributed by atoms with Crippen molar-refractivity contribution in [1.29, 1.82) is 0 Å². The van der Waals surface area contributed by atoms with E-state index in [1.165, 1.54) is 6.20 Å². The van der Waals surface area contributed by atoms with E-state index in [2.05, 4.69) is 22.4 Å². The van der Waals surface area contributed by atoms with Crippen LogP contribution < -0.4 is 16.0 Å². The van der Waals surface area contributed by atoms with Gasteiger partial charge in [-0.3, -0.25) is 15.5 Å². The van der Waals surface area contributed by atoms with Crippen molar-refractivity contribution in [2.24, 2.45) is 5.84 Å². The summed E-state index contributed by atoms with van der Waals surface area (Å²) < 4.78 is 7.19. The maximum Gasteiger partial charge on any atom is 0.162 e. The van der Waals surface area contributed by atoms with Gasteiger partial charge in [0.2, 0.25) is 0 Å². The van der Waals surface area contributed by atoms with E-state index in [0.29, 0.717) is 21.5 Å². The molecule has 0 fully saturated rings. The minimum atomic E-state index is -0.446. The summed E-state index contributed by atoms with van der Waals surface area (Å²) in [5.41, 5.74) is 4.07. The summed E-state index contributed by atoms with van der Waals surface area (Å²) >= 11 is 12.1. The van der Waals surface area contributed by atoms with E-state index in [-0.39, 0.29) is 0 Å². The van der Waals surface area contributed by atoms with Gasteiger partial charge in [0.1, 0.15) is 11.7 Å². The van der Waals surface area contributed by atoms with E-state index < -0.39 is 6.04 Å². The van der Waals surface area contributed by atoms with Gasteiger partial charge in [-0.05, 0) is 12.5 Å². The lowest BCUT2D eigenvalue weighted by atomic mass is 10.1. The monoisotopic (exact) mass is 329 g/mol. The predicted octanol–water partition coefficient (Wildman–Crippen LogP) is 2.56. The molecule has 0 bridgehead atoms. The Bertz CT molecular complexity index is 617. The van der Waals surface area contributed by atoms with Crippen LogP contribution in [0.1, 0.15) is 30.8 Å². The number of pyridine rings is 1. The standard InChI is InChI=1S/C13H17Cl2N5O/c1-3-4-20-13(10(21-2)7-18-20)12(19-16)11-9(15)5-8(14)6-17-11/h5-7,12,19H,3-4,16H2,1-2H3. The van der Waals surface area contributed by atoms with Gasteiger partial charge in [0.25, 0.3) is 0 Å². The fourth-order valence-corrected chi connectivity index (χ4v) is 2.63. The van der Waals surface area contributed by atoms with E-state index in [4.69, 9.17) is 33.8 Å². The van der Waals surface area contributed by atoms with Gasteiger partial charge in [0.15, 0.2) is 5.75 Å². The number of hydrogen-bond acceptors (Lipinski definition) is 5. The first-order valence-electron chi connectivity index (χ1n) is 6.49. The van der Waals surface area contributed by atoms with E-state index >= 15 is 0 Å². The first-order valence-corrected chi connectivity index (χ1v) is 7.24. The van der Waals surface area contributed by atoms with Crippen LogP contribution in [0, 0.1) is 0 Å². The summed E-state index contributed by atoms with van der Waals surface area (Å²) in [7, 11) is 1.58. The average Bonchev–Trinajstić information content (AvgIpc) is 2.85. The van der Waals surface area contributed by atoms with Gasteiger partial charge in [-0.2, -0.15) is 5.10 Å². The predicted molar refractivity (Wildman–Crippen MR) is 82.5 cm³/mol.